The Hall–Kier alpha value is -2.08. The van der Waals surface area contributed by atoms with E-state index in [4.69, 9.17) is 5.73 Å². The maximum Gasteiger partial charge on any atom is 0.243 e. The van der Waals surface area contributed by atoms with E-state index in [0.717, 1.165) is 12.0 Å². The van der Waals surface area contributed by atoms with E-state index < -0.39 is 12.1 Å². The zero-order valence-corrected chi connectivity index (χ0v) is 17.3. The van der Waals surface area contributed by atoms with Gasteiger partial charge in [-0.15, -0.1) is 0 Å². The zero-order valence-electron chi connectivity index (χ0n) is 17.3. The Morgan fingerprint density at radius 1 is 1.20 bits per heavy atom. The van der Waals surface area contributed by atoms with Crippen LogP contribution in [0.4, 0.5) is 0 Å². The summed E-state index contributed by atoms with van der Waals surface area (Å²) in [4.78, 5) is 27.9. The maximum atomic E-state index is 13.2. The second-order valence-corrected chi connectivity index (χ2v) is 10.8. The third-order valence-corrected chi connectivity index (χ3v) is 9.14. The highest BCUT2D eigenvalue weighted by molar-refractivity contribution is 5.90. The van der Waals surface area contributed by atoms with Gasteiger partial charge >= 0.3 is 0 Å². The minimum atomic E-state index is -0.705. The summed E-state index contributed by atoms with van der Waals surface area (Å²) in [7, 11) is 0. The van der Waals surface area contributed by atoms with Crippen LogP contribution in [0.15, 0.2) is 24.3 Å². The average Bonchev–Trinajstić information content (AvgIpc) is 3.06. The van der Waals surface area contributed by atoms with E-state index in [1.54, 1.807) is 23.1 Å². The van der Waals surface area contributed by atoms with Gasteiger partial charge in [0.1, 0.15) is 11.8 Å². The predicted octanol–water partition coefficient (Wildman–Crippen LogP) is 1.95. The fourth-order valence-corrected chi connectivity index (χ4v) is 8.01. The molecule has 0 unspecified atom stereocenters. The number of amides is 2. The van der Waals surface area contributed by atoms with Crippen molar-refractivity contribution in [2.75, 3.05) is 6.54 Å². The van der Waals surface area contributed by atoms with Gasteiger partial charge in [-0.25, -0.2) is 0 Å². The van der Waals surface area contributed by atoms with E-state index >= 15 is 0 Å². The molecule has 2 atom stereocenters. The van der Waals surface area contributed by atoms with Gasteiger partial charge in [0.15, 0.2) is 0 Å². The number of carbonyl (C=O) groups is 2. The predicted molar refractivity (Wildman–Crippen MR) is 111 cm³/mol. The van der Waals surface area contributed by atoms with Crippen molar-refractivity contribution >= 4 is 11.8 Å². The molecule has 2 amide bonds. The number of nitrogens with one attached hydrogen (secondary N) is 1. The van der Waals surface area contributed by atoms with E-state index in [1.165, 1.54) is 32.1 Å². The third kappa shape index (κ3) is 2.58. The topological polar surface area (TPSA) is 95.7 Å². The second kappa shape index (κ2) is 6.22. The van der Waals surface area contributed by atoms with Crippen LogP contribution in [0.3, 0.4) is 0 Å². The van der Waals surface area contributed by atoms with Crippen LogP contribution in [0.5, 0.6) is 5.75 Å². The van der Waals surface area contributed by atoms with Gasteiger partial charge in [0.25, 0.3) is 0 Å². The lowest BCUT2D eigenvalue weighted by molar-refractivity contribution is -0.140. The Morgan fingerprint density at radius 2 is 1.90 bits per heavy atom. The number of hydrogen-bond donors (Lipinski definition) is 3. The van der Waals surface area contributed by atoms with Gasteiger partial charge in [-0.3, -0.25) is 9.59 Å². The van der Waals surface area contributed by atoms with Gasteiger partial charge < -0.3 is 21.1 Å². The number of aromatic hydroxyl groups is 1. The molecular formula is C24H31N3O3. The fourth-order valence-electron chi connectivity index (χ4n) is 8.01. The first-order valence-electron chi connectivity index (χ1n) is 11.5. The summed E-state index contributed by atoms with van der Waals surface area (Å²) in [6.45, 7) is 0.592. The second-order valence-electron chi connectivity index (χ2n) is 10.8. The molecule has 5 aliphatic carbocycles. The molecule has 30 heavy (non-hydrogen) atoms. The number of hydrogen-bond acceptors (Lipinski definition) is 4. The van der Waals surface area contributed by atoms with Crippen molar-refractivity contribution < 1.29 is 14.7 Å². The number of nitrogens with zero attached hydrogens (tertiary/aromatic N) is 1. The molecule has 160 valence electrons. The van der Waals surface area contributed by atoms with Crippen molar-refractivity contribution in [3.63, 3.8) is 0 Å². The van der Waals surface area contributed by atoms with Crippen molar-refractivity contribution in [3.05, 3.63) is 29.8 Å². The van der Waals surface area contributed by atoms with Crippen LogP contribution in [-0.4, -0.2) is 46.5 Å². The number of rotatable bonds is 5. The molecule has 6 heteroatoms. The quantitative estimate of drug-likeness (QED) is 0.693. The summed E-state index contributed by atoms with van der Waals surface area (Å²) in [5, 5.41) is 13.0. The lowest BCUT2D eigenvalue weighted by Gasteiger charge is -2.41. The Morgan fingerprint density at radius 3 is 2.57 bits per heavy atom. The van der Waals surface area contributed by atoms with Gasteiger partial charge in [0.2, 0.25) is 11.8 Å². The molecule has 6 aliphatic rings. The molecule has 0 radical (unpaired) electrons. The van der Waals surface area contributed by atoms with Crippen LogP contribution in [0, 0.1) is 22.7 Å². The molecule has 4 bridgehead atoms. The molecule has 5 saturated carbocycles. The monoisotopic (exact) mass is 409 g/mol. The van der Waals surface area contributed by atoms with Gasteiger partial charge in [0.05, 0.1) is 6.04 Å². The first-order chi connectivity index (χ1) is 14.4. The van der Waals surface area contributed by atoms with E-state index in [1.807, 2.05) is 6.07 Å². The van der Waals surface area contributed by atoms with Crippen LogP contribution in [0.25, 0.3) is 0 Å². The zero-order chi connectivity index (χ0) is 20.7. The summed E-state index contributed by atoms with van der Waals surface area (Å²) < 4.78 is 0. The number of carbonyl (C=O) groups excluding carboxylic acids is 2. The van der Waals surface area contributed by atoms with Crippen LogP contribution in [0.1, 0.15) is 50.5 Å². The smallest absolute Gasteiger partial charge is 0.243 e. The maximum absolute atomic E-state index is 13.2. The Bertz CT molecular complexity index is 879. The summed E-state index contributed by atoms with van der Waals surface area (Å²) in [6, 6.07) is 6.04. The van der Waals surface area contributed by atoms with E-state index in [9.17, 15) is 14.7 Å². The summed E-state index contributed by atoms with van der Waals surface area (Å²) in [5.41, 5.74) is 8.34. The summed E-state index contributed by atoms with van der Waals surface area (Å²) in [6.07, 6.45) is 8.56. The molecule has 6 fully saturated rings. The Labute approximate surface area is 177 Å². The van der Waals surface area contributed by atoms with Crippen molar-refractivity contribution in [1.82, 2.24) is 10.2 Å². The molecule has 1 heterocycles. The van der Waals surface area contributed by atoms with Crippen molar-refractivity contribution in [2.45, 2.75) is 69.5 Å². The first-order valence-corrected chi connectivity index (χ1v) is 11.5. The van der Waals surface area contributed by atoms with Crippen molar-refractivity contribution in [2.24, 2.45) is 28.4 Å². The highest BCUT2D eigenvalue weighted by Gasteiger charge is 2.80. The van der Waals surface area contributed by atoms with Gasteiger partial charge in [0, 0.05) is 12.6 Å². The number of phenolic OH excluding ortho intramolecular Hbond substituents is 1. The minimum absolute atomic E-state index is 0.0212. The fraction of sp³-hybridized carbons (Fsp3) is 0.667. The number of phenols is 1. The van der Waals surface area contributed by atoms with Crippen molar-refractivity contribution in [1.29, 1.82) is 0 Å². The van der Waals surface area contributed by atoms with Crippen LogP contribution in [0.2, 0.25) is 0 Å². The molecule has 0 aromatic heterocycles. The summed E-state index contributed by atoms with van der Waals surface area (Å²) in [5.74, 6) is 1.32. The SMILES string of the molecule is N[C@@H](Cc1cccc(O)c1)C(=O)N1CCC[C@@H]1C(=O)NC1C2CC34CC1CC3(C2)C4. The normalized spacial score (nSPS) is 41.0. The molecule has 7 rings (SSSR count). The standard InChI is InChI=1S/C24H31N3O3/c25-18(8-14-3-1-4-17(28)7-14)22(30)27-6-2-5-19(27)21(29)26-20-15-9-23-11-16(20)12-24(23,10-15)13-23/h1,3-4,7,15-16,18-20,28H,2,5-6,8-13,25H2,(H,26,29)/t15?,16?,18-,19+,20?,23?,24?/m0/s1. The minimum Gasteiger partial charge on any atom is -0.508 e. The van der Waals surface area contributed by atoms with Crippen LogP contribution >= 0.6 is 0 Å². The van der Waals surface area contributed by atoms with E-state index in [2.05, 4.69) is 5.32 Å². The lowest BCUT2D eigenvalue weighted by atomic mass is 9.70. The number of benzene rings is 1. The van der Waals surface area contributed by atoms with Gasteiger partial charge in [-0.05, 0) is 91.7 Å². The van der Waals surface area contributed by atoms with E-state index in [0.29, 0.717) is 48.1 Å². The van der Waals surface area contributed by atoms with Crippen LogP contribution < -0.4 is 11.1 Å². The molecular weight excluding hydrogens is 378 g/mol. The molecule has 1 aromatic carbocycles. The average molecular weight is 410 g/mol. The number of nitrogens with two attached hydrogens (primary N) is 1. The highest BCUT2D eigenvalue weighted by atomic mass is 16.3. The lowest BCUT2D eigenvalue weighted by Crippen LogP contribution is -2.56. The summed E-state index contributed by atoms with van der Waals surface area (Å²) >= 11 is 0. The van der Waals surface area contributed by atoms with E-state index in [-0.39, 0.29) is 17.6 Å². The third-order valence-electron chi connectivity index (χ3n) is 9.14. The largest absolute Gasteiger partial charge is 0.508 e. The molecule has 2 spiro atoms. The van der Waals surface area contributed by atoms with Gasteiger partial charge in [-0.2, -0.15) is 0 Å². The molecule has 1 aliphatic heterocycles. The van der Waals surface area contributed by atoms with Gasteiger partial charge in [-0.1, -0.05) is 12.1 Å². The molecule has 1 aromatic rings. The first kappa shape index (κ1) is 18.7. The van der Waals surface area contributed by atoms with Crippen LogP contribution in [-0.2, 0) is 16.0 Å². The molecule has 6 nitrogen and oxygen atoms in total. The Kier molecular flexibility index (Phi) is 3.87. The van der Waals surface area contributed by atoms with Crippen molar-refractivity contribution in [3.8, 4) is 5.75 Å². The Balaban J connectivity index is 1.10. The molecule has 4 N–H and O–H groups in total. The molecule has 1 saturated heterocycles. The highest BCUT2D eigenvalue weighted by Crippen LogP contribution is 2.87. The number of likely N-dealkylation sites (tertiary alicyclic amines) is 1.